The van der Waals surface area contributed by atoms with Gasteiger partial charge in [-0.3, -0.25) is 14.4 Å². The van der Waals surface area contributed by atoms with Crippen molar-refractivity contribution in [2.24, 2.45) is 0 Å². The SMILES string of the molecule is CC/C=C\C/C=C\C/C=C\C/C=C\C/C=C\C/C=C\CCC(=O)O[C@H](COC(=O)CCCCC/C=C\C/C=C\C/C=C\C/C=C\CCCCC)COC(=O)CCCCCCC/C=C\CCCCCC. The van der Waals surface area contributed by atoms with Gasteiger partial charge in [0.2, 0.25) is 0 Å². The fourth-order valence-electron chi connectivity index (χ4n) is 6.97. The zero-order valence-electron chi connectivity index (χ0n) is 44.3. The molecule has 6 nitrogen and oxygen atoms in total. The van der Waals surface area contributed by atoms with Gasteiger partial charge in [0.25, 0.3) is 0 Å². The van der Waals surface area contributed by atoms with Crippen LogP contribution in [0.25, 0.3) is 0 Å². The van der Waals surface area contributed by atoms with Gasteiger partial charge in [-0.1, -0.05) is 212 Å². The summed E-state index contributed by atoms with van der Waals surface area (Å²) in [7, 11) is 0. The van der Waals surface area contributed by atoms with Gasteiger partial charge >= 0.3 is 17.9 Å². The highest BCUT2D eigenvalue weighted by atomic mass is 16.6. The van der Waals surface area contributed by atoms with E-state index in [-0.39, 0.29) is 31.6 Å². The molecular weight excluding hydrogens is 853 g/mol. The highest BCUT2D eigenvalue weighted by Gasteiger charge is 2.19. The molecule has 0 bridgehead atoms. The number of unbranched alkanes of at least 4 members (excludes halogenated alkanes) is 15. The Kier molecular flexibility index (Phi) is 52.5. The van der Waals surface area contributed by atoms with E-state index in [0.717, 1.165) is 116 Å². The van der Waals surface area contributed by atoms with Crippen LogP contribution in [0.15, 0.2) is 134 Å². The molecule has 0 unspecified atom stereocenters. The van der Waals surface area contributed by atoms with E-state index in [1.165, 1.54) is 64.2 Å². The lowest BCUT2D eigenvalue weighted by molar-refractivity contribution is -0.166. The van der Waals surface area contributed by atoms with Gasteiger partial charge in [0.1, 0.15) is 13.2 Å². The van der Waals surface area contributed by atoms with E-state index in [4.69, 9.17) is 14.2 Å². The molecule has 0 aromatic rings. The Bertz CT molecular complexity index is 1510. The summed E-state index contributed by atoms with van der Waals surface area (Å²) >= 11 is 0. The van der Waals surface area contributed by atoms with E-state index in [1.54, 1.807) is 0 Å². The van der Waals surface area contributed by atoms with Gasteiger partial charge in [0, 0.05) is 19.3 Å². The van der Waals surface area contributed by atoms with Gasteiger partial charge in [0.05, 0.1) is 0 Å². The molecule has 0 aliphatic heterocycles. The molecule has 0 saturated heterocycles. The molecule has 0 aliphatic carbocycles. The van der Waals surface area contributed by atoms with Crippen molar-refractivity contribution in [3.05, 3.63) is 134 Å². The monoisotopic (exact) mass is 953 g/mol. The average Bonchev–Trinajstić information content (AvgIpc) is 3.35. The van der Waals surface area contributed by atoms with Crippen LogP contribution >= 0.6 is 0 Å². The molecule has 69 heavy (non-hydrogen) atoms. The van der Waals surface area contributed by atoms with Crippen molar-refractivity contribution in [2.75, 3.05) is 13.2 Å². The van der Waals surface area contributed by atoms with E-state index >= 15 is 0 Å². The topological polar surface area (TPSA) is 78.9 Å². The van der Waals surface area contributed by atoms with Gasteiger partial charge < -0.3 is 14.2 Å². The van der Waals surface area contributed by atoms with Crippen LogP contribution in [-0.4, -0.2) is 37.2 Å². The van der Waals surface area contributed by atoms with Crippen molar-refractivity contribution in [3.63, 3.8) is 0 Å². The molecule has 0 amide bonds. The lowest BCUT2D eigenvalue weighted by atomic mass is 10.1. The van der Waals surface area contributed by atoms with Crippen molar-refractivity contribution in [3.8, 4) is 0 Å². The number of carbonyl (C=O) groups is 3. The van der Waals surface area contributed by atoms with E-state index in [0.29, 0.717) is 19.3 Å². The summed E-state index contributed by atoms with van der Waals surface area (Å²) in [4.78, 5) is 38.1. The summed E-state index contributed by atoms with van der Waals surface area (Å²) in [5, 5.41) is 0. The number of allylic oxidation sites excluding steroid dienone is 22. The maximum absolute atomic E-state index is 12.8. The Morgan fingerprint density at radius 3 is 1.00 bits per heavy atom. The number of carbonyl (C=O) groups excluding carboxylic acids is 3. The third kappa shape index (κ3) is 54.4. The molecule has 0 rings (SSSR count). The van der Waals surface area contributed by atoms with Gasteiger partial charge in [-0.25, -0.2) is 0 Å². The molecule has 0 heterocycles. The predicted molar refractivity (Wildman–Crippen MR) is 297 cm³/mol. The smallest absolute Gasteiger partial charge is 0.306 e. The minimum absolute atomic E-state index is 0.127. The number of hydrogen-bond acceptors (Lipinski definition) is 6. The second-order valence-corrected chi connectivity index (χ2v) is 17.7. The first-order valence-corrected chi connectivity index (χ1v) is 27.7. The van der Waals surface area contributed by atoms with Crippen LogP contribution in [0, 0.1) is 0 Å². The molecule has 1 atom stereocenters. The second kappa shape index (κ2) is 56.1. The van der Waals surface area contributed by atoms with Gasteiger partial charge in [0.15, 0.2) is 6.10 Å². The fraction of sp³-hybridized carbons (Fsp3) is 0.603. The number of hydrogen-bond donors (Lipinski definition) is 0. The van der Waals surface area contributed by atoms with Gasteiger partial charge in [-0.2, -0.15) is 0 Å². The standard InChI is InChI=1S/C63H100O6/c1-4-7-10-13-16-19-22-25-27-29-31-33-35-38-41-44-47-50-53-56-62(65)68-59-60(58-67-61(64)55-52-49-46-43-40-37-24-21-18-15-12-9-6-3)69-63(66)57-54-51-48-45-42-39-36-34-32-30-28-26-23-20-17-14-11-8-5-2/h8,11,16-17,19-21,24-28,31-34,38-39,41-42,48,51,60H,4-7,9-10,12-15,18,22-23,29-30,35-37,40,43-47,49-50,52-59H2,1-3H3/b11-8-,19-16-,20-17-,24-21-,27-25-,28-26-,33-31-,34-32-,41-38-,42-39-,51-48-/t60-/m0/s1. The van der Waals surface area contributed by atoms with Crippen molar-refractivity contribution in [1.82, 2.24) is 0 Å². The highest BCUT2D eigenvalue weighted by Crippen LogP contribution is 2.12. The lowest BCUT2D eigenvalue weighted by Gasteiger charge is -2.18. The third-order valence-electron chi connectivity index (χ3n) is 11.1. The number of esters is 3. The van der Waals surface area contributed by atoms with Crippen molar-refractivity contribution in [1.29, 1.82) is 0 Å². The maximum Gasteiger partial charge on any atom is 0.306 e. The third-order valence-corrected chi connectivity index (χ3v) is 11.1. The van der Waals surface area contributed by atoms with Crippen LogP contribution in [0.5, 0.6) is 0 Å². The number of rotatable bonds is 48. The summed E-state index contributed by atoms with van der Waals surface area (Å²) in [6.45, 7) is 6.37. The van der Waals surface area contributed by atoms with Crippen LogP contribution in [0.4, 0.5) is 0 Å². The molecule has 0 aliphatic rings. The average molecular weight is 953 g/mol. The molecule has 0 saturated carbocycles. The zero-order valence-corrected chi connectivity index (χ0v) is 44.3. The normalized spacial score (nSPS) is 13.1. The van der Waals surface area contributed by atoms with Crippen LogP contribution in [0.2, 0.25) is 0 Å². The summed E-state index contributed by atoms with van der Waals surface area (Å²) in [5.41, 5.74) is 0. The van der Waals surface area contributed by atoms with Crippen molar-refractivity contribution >= 4 is 17.9 Å². The Morgan fingerprint density at radius 1 is 0.304 bits per heavy atom. The van der Waals surface area contributed by atoms with Crippen LogP contribution < -0.4 is 0 Å². The Morgan fingerprint density at radius 2 is 0.594 bits per heavy atom. The Labute approximate surface area is 424 Å². The summed E-state index contributed by atoms with van der Waals surface area (Å²) in [6.07, 6.45) is 78.7. The predicted octanol–water partition coefficient (Wildman–Crippen LogP) is 18.6. The van der Waals surface area contributed by atoms with Crippen LogP contribution in [-0.2, 0) is 28.6 Å². The Balaban J connectivity index is 4.59. The lowest BCUT2D eigenvalue weighted by Crippen LogP contribution is -2.30. The van der Waals surface area contributed by atoms with E-state index in [2.05, 4.69) is 142 Å². The zero-order chi connectivity index (χ0) is 50.0. The molecular formula is C63H100O6. The minimum Gasteiger partial charge on any atom is -0.462 e. The molecule has 6 heteroatoms. The molecule has 0 aromatic carbocycles. The highest BCUT2D eigenvalue weighted by molar-refractivity contribution is 5.71. The summed E-state index contributed by atoms with van der Waals surface area (Å²) < 4.78 is 16.7. The largest absolute Gasteiger partial charge is 0.462 e. The minimum atomic E-state index is -0.840. The summed E-state index contributed by atoms with van der Waals surface area (Å²) in [5.74, 6) is -1.06. The first-order chi connectivity index (χ1) is 34.0. The molecule has 0 fully saturated rings. The molecule has 0 radical (unpaired) electrons. The van der Waals surface area contributed by atoms with Crippen molar-refractivity contribution in [2.45, 2.75) is 232 Å². The molecule has 0 spiro atoms. The van der Waals surface area contributed by atoms with Crippen LogP contribution in [0.1, 0.15) is 226 Å². The van der Waals surface area contributed by atoms with Crippen molar-refractivity contribution < 1.29 is 28.6 Å². The molecule has 0 aromatic heterocycles. The van der Waals surface area contributed by atoms with E-state index < -0.39 is 12.1 Å². The molecule has 388 valence electrons. The van der Waals surface area contributed by atoms with Crippen LogP contribution in [0.3, 0.4) is 0 Å². The Hall–Kier alpha value is -4.45. The summed E-state index contributed by atoms with van der Waals surface area (Å²) in [6, 6.07) is 0. The maximum atomic E-state index is 12.8. The quantitative estimate of drug-likeness (QED) is 0.0262. The first kappa shape index (κ1) is 64.5. The van der Waals surface area contributed by atoms with E-state index in [9.17, 15) is 14.4 Å². The fourth-order valence-corrected chi connectivity index (χ4v) is 6.97. The molecule has 0 N–H and O–H groups in total. The van der Waals surface area contributed by atoms with Gasteiger partial charge in [-0.15, -0.1) is 0 Å². The van der Waals surface area contributed by atoms with Gasteiger partial charge in [-0.05, 0) is 128 Å². The second-order valence-electron chi connectivity index (χ2n) is 17.7. The number of ether oxygens (including phenoxy) is 3. The van der Waals surface area contributed by atoms with E-state index in [1.807, 2.05) is 12.2 Å². The first-order valence-electron chi connectivity index (χ1n) is 27.7.